The molecular weight excluding hydrogens is 269 g/mol. The van der Waals surface area contributed by atoms with E-state index in [0.29, 0.717) is 10.0 Å². The van der Waals surface area contributed by atoms with Crippen molar-refractivity contribution in [1.82, 2.24) is 9.78 Å². The SMILES string of the molecule is Cn1cc(CC(N)Cc2ccc(Cl)cc2Cl)cn1. The zero-order valence-corrected chi connectivity index (χ0v) is 11.6. The Labute approximate surface area is 117 Å². The second-order valence-corrected chi connectivity index (χ2v) is 5.27. The summed E-state index contributed by atoms with van der Waals surface area (Å²) < 4.78 is 1.78. The van der Waals surface area contributed by atoms with Crippen LogP contribution in [0, 0.1) is 0 Å². The molecule has 2 aromatic rings. The van der Waals surface area contributed by atoms with Crippen molar-refractivity contribution in [2.75, 3.05) is 0 Å². The van der Waals surface area contributed by atoms with Crippen LogP contribution in [0.4, 0.5) is 0 Å². The molecule has 0 radical (unpaired) electrons. The summed E-state index contributed by atoms with van der Waals surface area (Å²) in [6, 6.07) is 5.52. The standard InChI is InChI=1S/C13H15Cl2N3/c1-18-8-9(7-17-18)4-12(16)5-10-2-3-11(14)6-13(10)15/h2-3,6-8,12H,4-5,16H2,1H3. The van der Waals surface area contributed by atoms with Crippen molar-refractivity contribution in [3.8, 4) is 0 Å². The summed E-state index contributed by atoms with van der Waals surface area (Å²) in [6.07, 6.45) is 5.32. The maximum Gasteiger partial charge on any atom is 0.0522 e. The molecule has 0 fully saturated rings. The Balaban J connectivity index is 2.00. The van der Waals surface area contributed by atoms with Crippen molar-refractivity contribution in [1.29, 1.82) is 0 Å². The highest BCUT2D eigenvalue weighted by molar-refractivity contribution is 6.35. The highest BCUT2D eigenvalue weighted by Gasteiger charge is 2.09. The lowest BCUT2D eigenvalue weighted by Gasteiger charge is -2.11. The molecule has 0 aliphatic heterocycles. The molecule has 0 aliphatic rings. The molecule has 2 N–H and O–H groups in total. The van der Waals surface area contributed by atoms with Crippen LogP contribution in [-0.4, -0.2) is 15.8 Å². The van der Waals surface area contributed by atoms with E-state index in [-0.39, 0.29) is 6.04 Å². The van der Waals surface area contributed by atoms with Crippen LogP contribution in [0.3, 0.4) is 0 Å². The van der Waals surface area contributed by atoms with Gasteiger partial charge in [-0.25, -0.2) is 0 Å². The Morgan fingerprint density at radius 3 is 2.72 bits per heavy atom. The van der Waals surface area contributed by atoms with Gasteiger partial charge in [0.1, 0.15) is 0 Å². The molecule has 0 saturated carbocycles. The number of aromatic nitrogens is 2. The minimum Gasteiger partial charge on any atom is -0.327 e. The van der Waals surface area contributed by atoms with E-state index in [2.05, 4.69) is 5.10 Å². The minimum absolute atomic E-state index is 0.0212. The lowest BCUT2D eigenvalue weighted by atomic mass is 10.0. The first-order valence-electron chi connectivity index (χ1n) is 5.71. The number of halogens is 2. The van der Waals surface area contributed by atoms with E-state index in [1.807, 2.05) is 31.6 Å². The topological polar surface area (TPSA) is 43.8 Å². The molecule has 0 spiro atoms. The predicted molar refractivity (Wildman–Crippen MR) is 75.1 cm³/mol. The average Bonchev–Trinajstić information content (AvgIpc) is 2.68. The van der Waals surface area contributed by atoms with E-state index in [0.717, 1.165) is 24.0 Å². The van der Waals surface area contributed by atoms with Gasteiger partial charge in [-0.05, 0) is 36.1 Å². The van der Waals surface area contributed by atoms with Gasteiger partial charge in [0.2, 0.25) is 0 Å². The number of nitrogens with zero attached hydrogens (tertiary/aromatic N) is 2. The third kappa shape index (κ3) is 3.48. The monoisotopic (exact) mass is 283 g/mol. The van der Waals surface area contributed by atoms with Gasteiger partial charge in [0, 0.05) is 29.3 Å². The predicted octanol–water partition coefficient (Wildman–Crippen LogP) is 2.84. The van der Waals surface area contributed by atoms with Crippen molar-refractivity contribution in [3.63, 3.8) is 0 Å². The lowest BCUT2D eigenvalue weighted by molar-refractivity contribution is 0.664. The zero-order chi connectivity index (χ0) is 13.1. The number of aryl methyl sites for hydroxylation is 1. The van der Waals surface area contributed by atoms with E-state index in [1.165, 1.54) is 0 Å². The summed E-state index contributed by atoms with van der Waals surface area (Å²) in [5.41, 5.74) is 8.29. The average molecular weight is 284 g/mol. The molecule has 5 heteroatoms. The van der Waals surface area contributed by atoms with Gasteiger partial charge in [0.05, 0.1) is 6.20 Å². The van der Waals surface area contributed by atoms with Crippen molar-refractivity contribution in [2.45, 2.75) is 18.9 Å². The number of benzene rings is 1. The minimum atomic E-state index is 0.0212. The van der Waals surface area contributed by atoms with Crippen LogP contribution in [0.2, 0.25) is 10.0 Å². The van der Waals surface area contributed by atoms with Gasteiger partial charge in [-0.15, -0.1) is 0 Å². The first kappa shape index (κ1) is 13.4. The number of rotatable bonds is 4. The highest BCUT2D eigenvalue weighted by Crippen LogP contribution is 2.22. The van der Waals surface area contributed by atoms with Crippen molar-refractivity contribution < 1.29 is 0 Å². The number of hydrogen-bond donors (Lipinski definition) is 1. The Morgan fingerprint density at radius 1 is 1.33 bits per heavy atom. The first-order valence-corrected chi connectivity index (χ1v) is 6.47. The maximum atomic E-state index is 6.13. The second kappa shape index (κ2) is 5.74. The normalized spacial score (nSPS) is 12.7. The molecular formula is C13H15Cl2N3. The second-order valence-electron chi connectivity index (χ2n) is 4.43. The first-order chi connectivity index (χ1) is 8.54. The quantitative estimate of drug-likeness (QED) is 0.938. The van der Waals surface area contributed by atoms with Crippen molar-refractivity contribution >= 4 is 23.2 Å². The molecule has 0 amide bonds. The van der Waals surface area contributed by atoms with E-state index in [1.54, 1.807) is 10.7 Å². The zero-order valence-electron chi connectivity index (χ0n) is 10.1. The van der Waals surface area contributed by atoms with Gasteiger partial charge in [-0.2, -0.15) is 5.10 Å². The molecule has 0 aliphatic carbocycles. The van der Waals surface area contributed by atoms with Crippen LogP contribution in [0.5, 0.6) is 0 Å². The van der Waals surface area contributed by atoms with Crippen LogP contribution in [0.15, 0.2) is 30.6 Å². The molecule has 1 aromatic heterocycles. The lowest BCUT2D eigenvalue weighted by Crippen LogP contribution is -2.25. The van der Waals surface area contributed by atoms with Crippen LogP contribution >= 0.6 is 23.2 Å². The fraction of sp³-hybridized carbons (Fsp3) is 0.308. The molecule has 3 nitrogen and oxygen atoms in total. The molecule has 1 aromatic carbocycles. The highest BCUT2D eigenvalue weighted by atomic mass is 35.5. The van der Waals surface area contributed by atoms with Crippen molar-refractivity contribution in [3.05, 3.63) is 51.8 Å². The molecule has 1 atom stereocenters. The smallest absolute Gasteiger partial charge is 0.0522 e. The van der Waals surface area contributed by atoms with Crippen LogP contribution in [0.1, 0.15) is 11.1 Å². The Kier molecular flexibility index (Phi) is 4.27. The summed E-state index contributed by atoms with van der Waals surface area (Å²) in [5, 5.41) is 5.44. The molecule has 1 heterocycles. The summed E-state index contributed by atoms with van der Waals surface area (Å²) in [4.78, 5) is 0. The molecule has 2 rings (SSSR count). The fourth-order valence-corrected chi connectivity index (χ4v) is 2.41. The molecule has 0 bridgehead atoms. The van der Waals surface area contributed by atoms with Gasteiger partial charge in [0.15, 0.2) is 0 Å². The van der Waals surface area contributed by atoms with Gasteiger partial charge >= 0.3 is 0 Å². The third-order valence-electron chi connectivity index (χ3n) is 2.75. The van der Waals surface area contributed by atoms with Crippen LogP contribution in [-0.2, 0) is 19.9 Å². The fourth-order valence-electron chi connectivity index (χ4n) is 1.92. The molecule has 1 unspecified atom stereocenters. The Bertz CT molecular complexity index is 537. The van der Waals surface area contributed by atoms with E-state index < -0.39 is 0 Å². The summed E-state index contributed by atoms with van der Waals surface area (Å²) >= 11 is 12.0. The van der Waals surface area contributed by atoms with Gasteiger partial charge < -0.3 is 5.73 Å². The maximum absolute atomic E-state index is 6.13. The van der Waals surface area contributed by atoms with Crippen molar-refractivity contribution in [2.24, 2.45) is 12.8 Å². The van der Waals surface area contributed by atoms with E-state index >= 15 is 0 Å². The Morgan fingerprint density at radius 2 is 2.11 bits per heavy atom. The van der Waals surface area contributed by atoms with Crippen LogP contribution in [0.25, 0.3) is 0 Å². The van der Waals surface area contributed by atoms with Gasteiger partial charge in [0.25, 0.3) is 0 Å². The molecule has 18 heavy (non-hydrogen) atoms. The summed E-state index contributed by atoms with van der Waals surface area (Å²) in [5.74, 6) is 0. The van der Waals surface area contributed by atoms with Gasteiger partial charge in [-0.1, -0.05) is 29.3 Å². The van der Waals surface area contributed by atoms with Crippen LogP contribution < -0.4 is 5.73 Å². The van der Waals surface area contributed by atoms with Gasteiger partial charge in [-0.3, -0.25) is 4.68 Å². The third-order valence-corrected chi connectivity index (χ3v) is 3.34. The summed E-state index contributed by atoms with van der Waals surface area (Å²) in [7, 11) is 1.89. The number of hydrogen-bond acceptors (Lipinski definition) is 2. The Hall–Kier alpha value is -1.03. The molecule has 0 saturated heterocycles. The summed E-state index contributed by atoms with van der Waals surface area (Å²) in [6.45, 7) is 0. The van der Waals surface area contributed by atoms with E-state index in [4.69, 9.17) is 28.9 Å². The van der Waals surface area contributed by atoms with E-state index in [9.17, 15) is 0 Å². The molecule has 96 valence electrons. The largest absolute Gasteiger partial charge is 0.327 e. The number of nitrogens with two attached hydrogens (primary N) is 1.